The van der Waals surface area contributed by atoms with E-state index in [2.05, 4.69) is 55.4 Å². The van der Waals surface area contributed by atoms with Gasteiger partial charge in [-0.25, -0.2) is 9.13 Å². The molecule has 0 aromatic heterocycles. The lowest BCUT2D eigenvalue weighted by Gasteiger charge is -2.21. The van der Waals surface area contributed by atoms with Gasteiger partial charge in [0.05, 0.1) is 26.4 Å². The summed E-state index contributed by atoms with van der Waals surface area (Å²) in [7, 11) is -9.92. The number of carbonyl (C=O) groups is 4. The molecule has 0 aromatic rings. The predicted molar refractivity (Wildman–Crippen MR) is 404 cm³/mol. The van der Waals surface area contributed by atoms with Gasteiger partial charge in [0.25, 0.3) is 0 Å². The molecule has 0 aliphatic rings. The summed E-state index contributed by atoms with van der Waals surface area (Å²) in [6.07, 6.45) is 55.7. The minimum absolute atomic E-state index is 0.105. The molecular formula is C80H156O17P2. The average Bonchev–Trinajstić information content (AvgIpc) is 1.19. The van der Waals surface area contributed by atoms with Crippen molar-refractivity contribution < 1.29 is 80.2 Å². The Bertz CT molecular complexity index is 1940. The number of aliphatic hydroxyl groups excluding tert-OH is 1. The maximum Gasteiger partial charge on any atom is 0.472 e. The Balaban J connectivity index is 5.17. The Kier molecular flexibility index (Phi) is 67.8. The van der Waals surface area contributed by atoms with Crippen molar-refractivity contribution in [3.05, 3.63) is 0 Å². The SMILES string of the molecule is CC(C)CCCCCCCCCCCCCCCCCCC(=O)OC[C@H](COP(=O)(O)OCC(O)COP(=O)(O)OC[C@@H](COC(=O)CCCCCCCCCC(C)C)OC(=O)CCCCCCCCCCCCCCCCCCC(C)C)OC(=O)CCCCCCCCCCC(C)C. The summed E-state index contributed by atoms with van der Waals surface area (Å²) in [5.74, 6) is 0.927. The maximum atomic E-state index is 13.1. The highest BCUT2D eigenvalue weighted by molar-refractivity contribution is 7.47. The molecule has 3 unspecified atom stereocenters. The number of phosphoric ester groups is 2. The minimum atomic E-state index is -4.96. The van der Waals surface area contributed by atoms with Crippen LogP contribution < -0.4 is 0 Å². The van der Waals surface area contributed by atoms with E-state index in [0.29, 0.717) is 31.6 Å². The van der Waals surface area contributed by atoms with E-state index in [0.717, 1.165) is 114 Å². The Morgan fingerprint density at radius 1 is 0.253 bits per heavy atom. The lowest BCUT2D eigenvalue weighted by molar-refractivity contribution is -0.161. The lowest BCUT2D eigenvalue weighted by Crippen LogP contribution is -2.30. The topological polar surface area (TPSA) is 237 Å². The van der Waals surface area contributed by atoms with Crippen LogP contribution in [0.3, 0.4) is 0 Å². The van der Waals surface area contributed by atoms with Crippen LogP contribution in [0.25, 0.3) is 0 Å². The van der Waals surface area contributed by atoms with Crippen molar-refractivity contribution in [3.63, 3.8) is 0 Å². The van der Waals surface area contributed by atoms with Crippen LogP contribution in [0, 0.1) is 23.7 Å². The fourth-order valence-corrected chi connectivity index (χ4v) is 13.8. The van der Waals surface area contributed by atoms with E-state index >= 15 is 0 Å². The normalized spacial score (nSPS) is 14.1. The molecule has 0 heterocycles. The number of unbranched alkanes of at least 4 members (excludes halogenated alkanes) is 43. The van der Waals surface area contributed by atoms with Crippen LogP contribution in [0.2, 0.25) is 0 Å². The molecule has 0 aromatic carbocycles. The quantitative estimate of drug-likeness (QED) is 0.0222. The fraction of sp³-hybridized carbons (Fsp3) is 0.950. The molecule has 99 heavy (non-hydrogen) atoms. The Labute approximate surface area is 607 Å². The van der Waals surface area contributed by atoms with Gasteiger partial charge in [0.1, 0.15) is 19.3 Å². The number of aliphatic hydroxyl groups is 1. The number of phosphoric acid groups is 2. The van der Waals surface area contributed by atoms with Gasteiger partial charge in [-0.3, -0.25) is 37.3 Å². The average molecular weight is 1450 g/mol. The Morgan fingerprint density at radius 2 is 0.424 bits per heavy atom. The summed E-state index contributed by atoms with van der Waals surface area (Å²) in [6.45, 7) is 14.2. The van der Waals surface area contributed by atoms with Crippen LogP contribution in [-0.4, -0.2) is 96.7 Å². The van der Waals surface area contributed by atoms with E-state index in [1.54, 1.807) is 0 Å². The van der Waals surface area contributed by atoms with Crippen LogP contribution in [0.4, 0.5) is 0 Å². The number of carbonyl (C=O) groups excluding carboxylic acids is 4. The molecule has 0 saturated carbocycles. The molecular weight excluding hydrogens is 1290 g/mol. The van der Waals surface area contributed by atoms with Crippen molar-refractivity contribution in [1.29, 1.82) is 0 Å². The molecule has 3 N–H and O–H groups in total. The highest BCUT2D eigenvalue weighted by Gasteiger charge is 2.30. The van der Waals surface area contributed by atoms with Gasteiger partial charge in [-0.1, -0.05) is 357 Å². The van der Waals surface area contributed by atoms with Crippen LogP contribution >= 0.6 is 15.6 Å². The van der Waals surface area contributed by atoms with Gasteiger partial charge in [0, 0.05) is 25.7 Å². The molecule has 0 saturated heterocycles. The fourth-order valence-electron chi connectivity index (χ4n) is 12.3. The first-order chi connectivity index (χ1) is 47.6. The zero-order chi connectivity index (χ0) is 73.1. The van der Waals surface area contributed by atoms with E-state index in [4.69, 9.17) is 37.0 Å². The molecule has 0 spiro atoms. The van der Waals surface area contributed by atoms with Gasteiger partial charge in [0.15, 0.2) is 12.2 Å². The molecule has 0 rings (SSSR count). The van der Waals surface area contributed by atoms with Crippen molar-refractivity contribution in [2.75, 3.05) is 39.6 Å². The second-order valence-electron chi connectivity index (χ2n) is 30.7. The predicted octanol–water partition coefficient (Wildman–Crippen LogP) is 23.6. The molecule has 0 radical (unpaired) electrons. The van der Waals surface area contributed by atoms with Crippen LogP contribution in [0.1, 0.15) is 409 Å². The summed E-state index contributed by atoms with van der Waals surface area (Å²) >= 11 is 0. The zero-order valence-electron chi connectivity index (χ0n) is 65.1. The summed E-state index contributed by atoms with van der Waals surface area (Å²) in [6, 6.07) is 0. The highest BCUT2D eigenvalue weighted by Crippen LogP contribution is 2.45. The third-order valence-corrected chi connectivity index (χ3v) is 20.5. The Morgan fingerprint density at radius 3 is 0.626 bits per heavy atom. The number of hydrogen-bond donors (Lipinski definition) is 3. The van der Waals surface area contributed by atoms with Crippen molar-refractivity contribution >= 4 is 39.5 Å². The molecule has 0 aliphatic heterocycles. The Hall–Kier alpha value is -1.94. The van der Waals surface area contributed by atoms with Gasteiger partial charge in [-0.05, 0) is 49.4 Å². The van der Waals surface area contributed by atoms with Gasteiger partial charge >= 0.3 is 39.5 Å². The second-order valence-corrected chi connectivity index (χ2v) is 33.6. The molecule has 0 aliphatic carbocycles. The first kappa shape index (κ1) is 97.1. The number of ether oxygens (including phenoxy) is 4. The van der Waals surface area contributed by atoms with E-state index in [-0.39, 0.29) is 25.7 Å². The molecule has 0 amide bonds. The van der Waals surface area contributed by atoms with Crippen molar-refractivity contribution in [3.8, 4) is 0 Å². The zero-order valence-corrected chi connectivity index (χ0v) is 66.9. The number of hydrogen-bond acceptors (Lipinski definition) is 15. The first-order valence-corrected chi connectivity index (χ1v) is 44.2. The summed E-state index contributed by atoms with van der Waals surface area (Å²) in [4.78, 5) is 72.9. The molecule has 588 valence electrons. The maximum absolute atomic E-state index is 13.1. The van der Waals surface area contributed by atoms with Crippen LogP contribution in [-0.2, 0) is 65.4 Å². The lowest BCUT2D eigenvalue weighted by atomic mass is 10.0. The van der Waals surface area contributed by atoms with E-state index in [9.17, 15) is 43.2 Å². The van der Waals surface area contributed by atoms with E-state index < -0.39 is 97.5 Å². The van der Waals surface area contributed by atoms with Crippen LogP contribution in [0.15, 0.2) is 0 Å². The second kappa shape index (κ2) is 69.1. The third-order valence-electron chi connectivity index (χ3n) is 18.6. The molecule has 0 bridgehead atoms. The largest absolute Gasteiger partial charge is 0.472 e. The number of esters is 4. The highest BCUT2D eigenvalue weighted by atomic mass is 31.2. The smallest absolute Gasteiger partial charge is 0.462 e. The van der Waals surface area contributed by atoms with Gasteiger partial charge in [-0.15, -0.1) is 0 Å². The standard InChI is InChI=1S/C80H156O17P2/c1-70(2)56-48-40-32-25-21-17-13-9-11-15-19-23-27-36-44-52-60-77(82)90-66-75(97-80(85)63-55-47-38-30-29-34-42-50-58-72(5)6)68-94-98(86,87)92-64-74(81)65-93-99(88,89)95-69-76(67-91-78(83)61-53-45-39-31-35-43-51-59-73(7)8)96-79(84)62-54-46-37-28-24-20-16-12-10-14-18-22-26-33-41-49-57-71(3)4/h70-76,81H,9-69H2,1-8H3,(H,86,87)(H,88,89)/t74?,75-,76-/m1/s1. The van der Waals surface area contributed by atoms with Crippen LogP contribution in [0.5, 0.6) is 0 Å². The summed E-state index contributed by atoms with van der Waals surface area (Å²) in [5, 5.41) is 10.6. The monoisotopic (exact) mass is 1450 g/mol. The number of rotatable bonds is 77. The molecule has 0 fully saturated rings. The van der Waals surface area contributed by atoms with Gasteiger partial charge in [-0.2, -0.15) is 0 Å². The molecule has 17 nitrogen and oxygen atoms in total. The third kappa shape index (κ3) is 74.1. The van der Waals surface area contributed by atoms with Crippen molar-refractivity contribution in [1.82, 2.24) is 0 Å². The van der Waals surface area contributed by atoms with E-state index in [1.807, 2.05) is 0 Å². The molecule has 5 atom stereocenters. The minimum Gasteiger partial charge on any atom is -0.462 e. The summed E-state index contributed by atoms with van der Waals surface area (Å²) < 4.78 is 68.6. The first-order valence-electron chi connectivity index (χ1n) is 41.2. The van der Waals surface area contributed by atoms with E-state index in [1.165, 1.54) is 205 Å². The van der Waals surface area contributed by atoms with Crippen molar-refractivity contribution in [2.45, 2.75) is 427 Å². The van der Waals surface area contributed by atoms with Gasteiger partial charge in [0.2, 0.25) is 0 Å². The molecule has 19 heteroatoms. The summed E-state index contributed by atoms with van der Waals surface area (Å²) in [5.41, 5.74) is 0. The van der Waals surface area contributed by atoms with Crippen molar-refractivity contribution in [2.24, 2.45) is 23.7 Å². The van der Waals surface area contributed by atoms with Gasteiger partial charge < -0.3 is 33.8 Å².